The average Bonchev–Trinajstić information content (AvgIpc) is 3.04. The predicted molar refractivity (Wildman–Crippen MR) is 132 cm³/mol. The Hall–Kier alpha value is -2.97. The van der Waals surface area contributed by atoms with Gasteiger partial charge in [0.2, 0.25) is 0 Å². The van der Waals surface area contributed by atoms with Crippen molar-refractivity contribution in [2.75, 3.05) is 34.5 Å². The Morgan fingerprint density at radius 3 is 2.19 bits per heavy atom. The number of hydrogen-bond acceptors (Lipinski definition) is 7. The standard InChI is InChI=1S/C24H25NO5S2/c1-5-6-16-7-9-18(20(13-16)27-3)29-11-12-30-19-10-8-17(14-21(19)28-4)15-22-23(26)25(2)24(31)32-22/h5,7-10,13-15H,1,6,11-12H2,2-4H3. The molecular formula is C24H25NO5S2. The molecule has 0 saturated carbocycles. The van der Waals surface area contributed by atoms with Crippen LogP contribution in [0.2, 0.25) is 0 Å². The number of hydrogen-bond donors (Lipinski definition) is 0. The smallest absolute Gasteiger partial charge is 0.265 e. The van der Waals surface area contributed by atoms with Crippen LogP contribution in [0.25, 0.3) is 6.08 Å². The zero-order valence-electron chi connectivity index (χ0n) is 18.3. The normalized spacial score (nSPS) is 14.6. The number of likely N-dealkylation sites (N-methyl/N-ethyl adjacent to an activating group) is 1. The number of rotatable bonds is 10. The number of methoxy groups -OCH3 is 2. The Balaban J connectivity index is 1.61. The molecule has 3 rings (SSSR count). The largest absolute Gasteiger partial charge is 0.493 e. The SMILES string of the molecule is C=CCc1ccc(OCCOc2ccc(C=C3SC(=S)N(C)C3=O)cc2OC)c(OC)c1. The van der Waals surface area contributed by atoms with E-state index in [2.05, 4.69) is 6.58 Å². The Morgan fingerprint density at radius 1 is 1.00 bits per heavy atom. The molecule has 8 heteroatoms. The van der Waals surface area contributed by atoms with Crippen LogP contribution in [0.1, 0.15) is 11.1 Å². The molecule has 1 amide bonds. The number of thioether (sulfide) groups is 1. The van der Waals surface area contributed by atoms with E-state index in [1.54, 1.807) is 27.3 Å². The lowest BCUT2D eigenvalue weighted by atomic mass is 10.1. The molecule has 6 nitrogen and oxygen atoms in total. The molecule has 0 radical (unpaired) electrons. The first-order chi connectivity index (χ1) is 15.5. The minimum atomic E-state index is -0.107. The topological polar surface area (TPSA) is 57.2 Å². The van der Waals surface area contributed by atoms with Gasteiger partial charge in [-0.05, 0) is 47.9 Å². The number of ether oxygens (including phenoxy) is 4. The Morgan fingerprint density at radius 2 is 1.62 bits per heavy atom. The minimum absolute atomic E-state index is 0.107. The van der Waals surface area contributed by atoms with E-state index < -0.39 is 0 Å². The molecule has 168 valence electrons. The first kappa shape index (κ1) is 23.7. The van der Waals surface area contributed by atoms with Crippen LogP contribution >= 0.6 is 24.0 Å². The second-order valence-electron chi connectivity index (χ2n) is 6.83. The van der Waals surface area contributed by atoms with Gasteiger partial charge in [0.05, 0.1) is 19.1 Å². The van der Waals surface area contributed by atoms with Crippen LogP contribution in [-0.4, -0.2) is 49.6 Å². The van der Waals surface area contributed by atoms with Crippen LogP contribution in [-0.2, 0) is 11.2 Å². The van der Waals surface area contributed by atoms with Gasteiger partial charge in [0, 0.05) is 7.05 Å². The molecule has 1 saturated heterocycles. The average molecular weight is 472 g/mol. The summed E-state index contributed by atoms with van der Waals surface area (Å²) in [5.74, 6) is 2.37. The van der Waals surface area contributed by atoms with Crippen molar-refractivity contribution in [2.24, 2.45) is 0 Å². The molecule has 2 aromatic carbocycles. The molecule has 0 N–H and O–H groups in total. The highest BCUT2D eigenvalue weighted by atomic mass is 32.2. The predicted octanol–water partition coefficient (Wildman–Crippen LogP) is 4.72. The van der Waals surface area contributed by atoms with E-state index in [0.717, 1.165) is 17.5 Å². The van der Waals surface area contributed by atoms with Gasteiger partial charge in [-0.25, -0.2) is 0 Å². The third kappa shape index (κ3) is 5.63. The quantitative estimate of drug-likeness (QED) is 0.215. The number of thiocarbonyl (C=S) groups is 1. The molecule has 2 aromatic rings. The van der Waals surface area contributed by atoms with Gasteiger partial charge in [-0.2, -0.15) is 0 Å². The highest BCUT2D eigenvalue weighted by Crippen LogP contribution is 2.34. The molecule has 0 aliphatic carbocycles. The lowest BCUT2D eigenvalue weighted by Crippen LogP contribution is -2.22. The number of carbonyl (C=O) groups excluding carboxylic acids is 1. The highest BCUT2D eigenvalue weighted by Gasteiger charge is 2.28. The number of amides is 1. The molecular weight excluding hydrogens is 446 g/mol. The molecule has 0 bridgehead atoms. The van der Waals surface area contributed by atoms with Crippen molar-refractivity contribution in [3.05, 3.63) is 65.1 Å². The summed E-state index contributed by atoms with van der Waals surface area (Å²) >= 11 is 6.45. The van der Waals surface area contributed by atoms with Crippen LogP contribution in [0.15, 0.2) is 54.0 Å². The second kappa shape index (κ2) is 11.1. The van der Waals surface area contributed by atoms with Gasteiger partial charge >= 0.3 is 0 Å². The first-order valence-corrected chi connectivity index (χ1v) is 11.1. The van der Waals surface area contributed by atoms with Crippen LogP contribution in [0.3, 0.4) is 0 Å². The number of nitrogens with zero attached hydrogens (tertiary/aromatic N) is 1. The fourth-order valence-corrected chi connectivity index (χ4v) is 4.20. The van der Waals surface area contributed by atoms with E-state index in [-0.39, 0.29) is 5.91 Å². The monoisotopic (exact) mass is 471 g/mol. The Bertz CT molecular complexity index is 1050. The summed E-state index contributed by atoms with van der Waals surface area (Å²) in [6.07, 6.45) is 4.40. The van der Waals surface area contributed by atoms with Crippen molar-refractivity contribution in [3.63, 3.8) is 0 Å². The zero-order valence-corrected chi connectivity index (χ0v) is 19.9. The van der Waals surface area contributed by atoms with Gasteiger partial charge in [0.25, 0.3) is 5.91 Å². The van der Waals surface area contributed by atoms with E-state index in [1.165, 1.54) is 16.7 Å². The Kier molecular flexibility index (Phi) is 8.19. The number of benzene rings is 2. The fourth-order valence-electron chi connectivity index (χ4n) is 3.02. The van der Waals surface area contributed by atoms with E-state index in [9.17, 15) is 4.79 Å². The molecule has 1 heterocycles. The molecule has 1 fully saturated rings. The van der Waals surface area contributed by atoms with Gasteiger partial charge in [-0.15, -0.1) is 6.58 Å². The molecule has 1 aliphatic heterocycles. The third-order valence-corrected chi connectivity index (χ3v) is 6.16. The molecule has 0 atom stereocenters. The van der Waals surface area contributed by atoms with Crippen molar-refractivity contribution < 1.29 is 23.7 Å². The van der Waals surface area contributed by atoms with Gasteiger partial charge in [-0.3, -0.25) is 9.69 Å². The van der Waals surface area contributed by atoms with E-state index in [1.807, 2.05) is 42.5 Å². The van der Waals surface area contributed by atoms with Crippen molar-refractivity contribution in [2.45, 2.75) is 6.42 Å². The van der Waals surface area contributed by atoms with Crippen LogP contribution in [0, 0.1) is 0 Å². The van der Waals surface area contributed by atoms with Crippen LogP contribution < -0.4 is 18.9 Å². The first-order valence-electron chi connectivity index (χ1n) is 9.89. The van der Waals surface area contributed by atoms with Crippen LogP contribution in [0.5, 0.6) is 23.0 Å². The lowest BCUT2D eigenvalue weighted by Gasteiger charge is -2.14. The maximum Gasteiger partial charge on any atom is 0.265 e. The summed E-state index contributed by atoms with van der Waals surface area (Å²) in [6.45, 7) is 4.41. The van der Waals surface area contributed by atoms with E-state index in [0.29, 0.717) is 45.4 Å². The zero-order chi connectivity index (χ0) is 23.1. The van der Waals surface area contributed by atoms with Crippen LogP contribution in [0.4, 0.5) is 0 Å². The van der Waals surface area contributed by atoms with Gasteiger partial charge < -0.3 is 18.9 Å². The fraction of sp³-hybridized carbons (Fsp3) is 0.250. The van der Waals surface area contributed by atoms with Crippen molar-refractivity contribution in [1.29, 1.82) is 0 Å². The second-order valence-corrected chi connectivity index (χ2v) is 8.50. The maximum atomic E-state index is 12.2. The van der Waals surface area contributed by atoms with Gasteiger partial charge in [-0.1, -0.05) is 42.2 Å². The molecule has 0 spiro atoms. The Labute approximate surface area is 197 Å². The lowest BCUT2D eigenvalue weighted by molar-refractivity contribution is -0.121. The summed E-state index contributed by atoms with van der Waals surface area (Å²) < 4.78 is 23.1. The van der Waals surface area contributed by atoms with E-state index in [4.69, 9.17) is 31.2 Å². The maximum absolute atomic E-state index is 12.2. The summed E-state index contributed by atoms with van der Waals surface area (Å²) in [4.78, 5) is 14.2. The molecule has 1 aliphatic rings. The number of carbonyl (C=O) groups is 1. The van der Waals surface area contributed by atoms with E-state index >= 15 is 0 Å². The summed E-state index contributed by atoms with van der Waals surface area (Å²) in [6, 6.07) is 11.3. The van der Waals surface area contributed by atoms with Crippen molar-refractivity contribution in [3.8, 4) is 23.0 Å². The highest BCUT2D eigenvalue weighted by molar-refractivity contribution is 8.26. The summed E-state index contributed by atoms with van der Waals surface area (Å²) in [5.41, 5.74) is 1.93. The molecule has 0 aromatic heterocycles. The van der Waals surface area contributed by atoms with Crippen molar-refractivity contribution in [1.82, 2.24) is 4.90 Å². The summed E-state index contributed by atoms with van der Waals surface area (Å²) in [5, 5.41) is 0. The van der Waals surface area contributed by atoms with Gasteiger partial charge in [0.15, 0.2) is 23.0 Å². The minimum Gasteiger partial charge on any atom is -0.493 e. The molecule has 0 unspecified atom stereocenters. The molecule has 32 heavy (non-hydrogen) atoms. The third-order valence-electron chi connectivity index (χ3n) is 4.68. The summed E-state index contributed by atoms with van der Waals surface area (Å²) in [7, 11) is 4.86. The van der Waals surface area contributed by atoms with Crippen molar-refractivity contribution >= 4 is 40.3 Å². The number of allylic oxidation sites excluding steroid dienone is 1. The van der Waals surface area contributed by atoms with Gasteiger partial charge in [0.1, 0.15) is 17.5 Å².